The molecule has 0 aromatic carbocycles. The standard InChI is InChI=1S/C12H18/c1-4-5-11-6-8-12(9-7-11)10(2)3/h4-6,8,10H,7,9H2,1-3H3. The molecule has 0 heteroatoms. The molecule has 0 atom stereocenters. The molecule has 1 aliphatic carbocycles. The maximum absolute atomic E-state index is 2.28. The number of hydrogen-bond acceptors (Lipinski definition) is 0. The molecule has 12 heavy (non-hydrogen) atoms. The summed E-state index contributed by atoms with van der Waals surface area (Å²) in [6.45, 7) is 6.60. The van der Waals surface area contributed by atoms with E-state index in [4.69, 9.17) is 0 Å². The molecule has 0 aliphatic heterocycles. The molecule has 0 aromatic rings. The lowest BCUT2D eigenvalue weighted by atomic mass is 9.91. The fraction of sp³-hybridized carbons (Fsp3) is 0.500. The first-order valence-electron chi connectivity index (χ1n) is 4.76. The summed E-state index contributed by atoms with van der Waals surface area (Å²) < 4.78 is 0. The second kappa shape index (κ2) is 4.30. The fourth-order valence-corrected chi connectivity index (χ4v) is 1.50. The molecule has 1 rings (SSSR count). The van der Waals surface area contributed by atoms with Crippen LogP contribution in [0.2, 0.25) is 0 Å². The van der Waals surface area contributed by atoms with Crippen LogP contribution in [0.3, 0.4) is 0 Å². The van der Waals surface area contributed by atoms with Crippen LogP contribution in [0.25, 0.3) is 0 Å². The SMILES string of the molecule is CC=CC1=CC=C(C(C)C)CC1. The van der Waals surface area contributed by atoms with Crippen molar-refractivity contribution in [2.45, 2.75) is 33.6 Å². The molecule has 0 radical (unpaired) electrons. The highest BCUT2D eigenvalue weighted by atomic mass is 14.1. The number of allylic oxidation sites excluding steroid dienone is 6. The van der Waals surface area contributed by atoms with Crippen LogP contribution in [0.1, 0.15) is 33.6 Å². The molecule has 1 aliphatic rings. The highest BCUT2D eigenvalue weighted by Crippen LogP contribution is 2.24. The molecule has 0 saturated carbocycles. The first-order valence-corrected chi connectivity index (χ1v) is 4.76. The minimum Gasteiger partial charge on any atom is -0.0874 e. The van der Waals surface area contributed by atoms with Crippen LogP contribution < -0.4 is 0 Å². The molecule has 0 spiro atoms. The third kappa shape index (κ3) is 2.37. The zero-order valence-corrected chi connectivity index (χ0v) is 8.30. The van der Waals surface area contributed by atoms with Gasteiger partial charge in [-0.15, -0.1) is 0 Å². The van der Waals surface area contributed by atoms with Crippen LogP contribution >= 0.6 is 0 Å². The number of rotatable bonds is 2. The van der Waals surface area contributed by atoms with E-state index >= 15 is 0 Å². The zero-order chi connectivity index (χ0) is 8.97. The maximum Gasteiger partial charge on any atom is -0.0241 e. The lowest BCUT2D eigenvalue weighted by Gasteiger charge is -2.15. The predicted octanol–water partition coefficient (Wildman–Crippen LogP) is 3.87. The van der Waals surface area contributed by atoms with Gasteiger partial charge < -0.3 is 0 Å². The van der Waals surface area contributed by atoms with Gasteiger partial charge in [-0.1, -0.05) is 43.7 Å². The molecular formula is C12H18. The Labute approximate surface area is 75.7 Å². The monoisotopic (exact) mass is 162 g/mol. The molecule has 0 fully saturated rings. The van der Waals surface area contributed by atoms with Crippen LogP contribution in [-0.4, -0.2) is 0 Å². The topological polar surface area (TPSA) is 0 Å². The van der Waals surface area contributed by atoms with Gasteiger partial charge in [0.05, 0.1) is 0 Å². The summed E-state index contributed by atoms with van der Waals surface area (Å²) in [6, 6.07) is 0. The molecule has 66 valence electrons. The highest BCUT2D eigenvalue weighted by Gasteiger charge is 2.06. The van der Waals surface area contributed by atoms with Crippen LogP contribution in [0.4, 0.5) is 0 Å². The van der Waals surface area contributed by atoms with Crippen molar-refractivity contribution >= 4 is 0 Å². The Balaban J connectivity index is 2.66. The summed E-state index contributed by atoms with van der Waals surface area (Å²) in [5, 5.41) is 0. The van der Waals surface area contributed by atoms with E-state index in [1.54, 1.807) is 5.57 Å². The third-order valence-electron chi connectivity index (χ3n) is 2.34. The Bertz CT molecular complexity index is 226. The van der Waals surface area contributed by atoms with Gasteiger partial charge in [-0.25, -0.2) is 0 Å². The van der Waals surface area contributed by atoms with Crippen LogP contribution in [0.15, 0.2) is 35.5 Å². The van der Waals surface area contributed by atoms with E-state index in [1.807, 2.05) is 0 Å². The van der Waals surface area contributed by atoms with Crippen molar-refractivity contribution in [3.05, 3.63) is 35.5 Å². The maximum atomic E-state index is 2.28. The molecule has 0 aromatic heterocycles. The van der Waals surface area contributed by atoms with E-state index < -0.39 is 0 Å². The van der Waals surface area contributed by atoms with E-state index in [0.717, 1.165) is 0 Å². The largest absolute Gasteiger partial charge is 0.0874 e. The Morgan fingerprint density at radius 1 is 1.25 bits per heavy atom. The number of hydrogen-bond donors (Lipinski definition) is 0. The molecule has 0 heterocycles. The molecule has 0 unspecified atom stereocenters. The van der Waals surface area contributed by atoms with Gasteiger partial charge in [0.25, 0.3) is 0 Å². The molecule has 0 bridgehead atoms. The molecule has 0 saturated heterocycles. The fourth-order valence-electron chi connectivity index (χ4n) is 1.50. The molecular weight excluding hydrogens is 144 g/mol. The Morgan fingerprint density at radius 2 is 2.00 bits per heavy atom. The van der Waals surface area contributed by atoms with Crippen molar-refractivity contribution in [2.75, 3.05) is 0 Å². The minimum atomic E-state index is 0.716. The highest BCUT2D eigenvalue weighted by molar-refractivity contribution is 5.31. The van der Waals surface area contributed by atoms with Gasteiger partial charge in [-0.2, -0.15) is 0 Å². The van der Waals surface area contributed by atoms with Gasteiger partial charge in [0.15, 0.2) is 0 Å². The van der Waals surface area contributed by atoms with Gasteiger partial charge >= 0.3 is 0 Å². The van der Waals surface area contributed by atoms with E-state index in [-0.39, 0.29) is 0 Å². The summed E-state index contributed by atoms with van der Waals surface area (Å²) in [4.78, 5) is 0. The summed E-state index contributed by atoms with van der Waals surface area (Å²) >= 11 is 0. The van der Waals surface area contributed by atoms with Crippen LogP contribution in [0, 0.1) is 5.92 Å². The lowest BCUT2D eigenvalue weighted by molar-refractivity contribution is 0.704. The van der Waals surface area contributed by atoms with Gasteiger partial charge in [0.1, 0.15) is 0 Å². The smallest absolute Gasteiger partial charge is 0.0241 e. The summed E-state index contributed by atoms with van der Waals surface area (Å²) in [7, 11) is 0. The van der Waals surface area contributed by atoms with Crippen molar-refractivity contribution in [3.63, 3.8) is 0 Å². The summed E-state index contributed by atoms with van der Waals surface area (Å²) in [5.41, 5.74) is 3.05. The van der Waals surface area contributed by atoms with Crippen molar-refractivity contribution in [2.24, 2.45) is 5.92 Å². The van der Waals surface area contributed by atoms with E-state index in [1.165, 1.54) is 18.4 Å². The van der Waals surface area contributed by atoms with Crippen molar-refractivity contribution < 1.29 is 0 Å². The lowest BCUT2D eigenvalue weighted by Crippen LogP contribution is -1.98. The van der Waals surface area contributed by atoms with Gasteiger partial charge in [0.2, 0.25) is 0 Å². The van der Waals surface area contributed by atoms with E-state index in [0.29, 0.717) is 5.92 Å². The second-order valence-corrected chi connectivity index (χ2v) is 3.64. The quantitative estimate of drug-likeness (QED) is 0.578. The molecule has 0 amide bonds. The van der Waals surface area contributed by atoms with Gasteiger partial charge in [-0.05, 0) is 31.3 Å². The minimum absolute atomic E-state index is 0.716. The normalized spacial score (nSPS) is 18.3. The second-order valence-electron chi connectivity index (χ2n) is 3.64. The first kappa shape index (κ1) is 9.31. The Kier molecular flexibility index (Phi) is 3.33. The third-order valence-corrected chi connectivity index (χ3v) is 2.34. The summed E-state index contributed by atoms with van der Waals surface area (Å²) in [5.74, 6) is 0.716. The van der Waals surface area contributed by atoms with Crippen LogP contribution in [0.5, 0.6) is 0 Å². The average molecular weight is 162 g/mol. The zero-order valence-electron chi connectivity index (χ0n) is 8.30. The van der Waals surface area contributed by atoms with Crippen molar-refractivity contribution in [3.8, 4) is 0 Å². The van der Waals surface area contributed by atoms with Gasteiger partial charge in [0, 0.05) is 0 Å². The predicted molar refractivity (Wildman–Crippen MR) is 55.1 cm³/mol. The van der Waals surface area contributed by atoms with E-state index in [9.17, 15) is 0 Å². The first-order chi connectivity index (χ1) is 5.74. The van der Waals surface area contributed by atoms with E-state index in [2.05, 4.69) is 45.1 Å². The van der Waals surface area contributed by atoms with Crippen molar-refractivity contribution in [1.29, 1.82) is 0 Å². The average Bonchev–Trinajstić information content (AvgIpc) is 2.06. The molecule has 0 nitrogen and oxygen atoms in total. The Morgan fingerprint density at radius 3 is 2.42 bits per heavy atom. The Hall–Kier alpha value is -0.780. The molecule has 0 N–H and O–H groups in total. The van der Waals surface area contributed by atoms with Gasteiger partial charge in [-0.3, -0.25) is 0 Å². The summed E-state index contributed by atoms with van der Waals surface area (Å²) in [6.07, 6.45) is 11.3. The van der Waals surface area contributed by atoms with Crippen molar-refractivity contribution in [1.82, 2.24) is 0 Å². The van der Waals surface area contributed by atoms with Crippen LogP contribution in [-0.2, 0) is 0 Å².